The van der Waals surface area contributed by atoms with Crippen molar-refractivity contribution in [1.82, 2.24) is 4.98 Å². The smallest absolute Gasteiger partial charge is 0.339 e. The second kappa shape index (κ2) is 5.42. The first kappa shape index (κ1) is 13.4. The number of hydrogen-bond donors (Lipinski definition) is 1. The molecular weight excluding hydrogens is 290 g/mol. The molecule has 0 saturated heterocycles. The Bertz CT molecular complexity index is 827. The van der Waals surface area contributed by atoms with Gasteiger partial charge in [-0.2, -0.15) is 0 Å². The fraction of sp³-hybridized carbons (Fsp3) is 0. The molecular formula is C16H10ClNO3. The highest BCUT2D eigenvalue weighted by Gasteiger charge is 2.14. The highest BCUT2D eigenvalue weighted by Crippen LogP contribution is 2.31. The summed E-state index contributed by atoms with van der Waals surface area (Å²) in [6, 6.07) is 13.7. The van der Waals surface area contributed by atoms with Crippen molar-refractivity contribution in [2.24, 2.45) is 0 Å². The Kier molecular flexibility index (Phi) is 3.46. The SMILES string of the molecule is O=C(O)c1cc(Cl)ccc1Oc1cccc2cccnc12. The van der Waals surface area contributed by atoms with Crippen LogP contribution in [-0.4, -0.2) is 16.1 Å². The summed E-state index contributed by atoms with van der Waals surface area (Å²) in [5, 5.41) is 10.5. The predicted octanol–water partition coefficient (Wildman–Crippen LogP) is 4.38. The maximum absolute atomic E-state index is 11.3. The second-order valence-corrected chi connectivity index (χ2v) is 4.82. The van der Waals surface area contributed by atoms with Gasteiger partial charge in [0.25, 0.3) is 0 Å². The minimum Gasteiger partial charge on any atom is -0.478 e. The largest absolute Gasteiger partial charge is 0.478 e. The average Bonchev–Trinajstić information content (AvgIpc) is 2.49. The van der Waals surface area contributed by atoms with E-state index in [2.05, 4.69) is 4.98 Å². The summed E-state index contributed by atoms with van der Waals surface area (Å²) in [6.45, 7) is 0. The quantitative estimate of drug-likeness (QED) is 0.779. The van der Waals surface area contributed by atoms with E-state index in [0.717, 1.165) is 5.39 Å². The van der Waals surface area contributed by atoms with Gasteiger partial charge in [-0.3, -0.25) is 4.98 Å². The van der Waals surface area contributed by atoms with Crippen molar-refractivity contribution < 1.29 is 14.6 Å². The van der Waals surface area contributed by atoms with Crippen molar-refractivity contribution in [2.45, 2.75) is 0 Å². The van der Waals surface area contributed by atoms with Gasteiger partial charge in [0.15, 0.2) is 5.75 Å². The highest BCUT2D eigenvalue weighted by molar-refractivity contribution is 6.31. The maximum Gasteiger partial charge on any atom is 0.339 e. The number of fused-ring (bicyclic) bond motifs is 1. The van der Waals surface area contributed by atoms with Crippen LogP contribution in [0.25, 0.3) is 10.9 Å². The number of carboxylic acids is 1. The Labute approximate surface area is 125 Å². The van der Waals surface area contributed by atoms with E-state index in [1.807, 2.05) is 24.3 Å². The third-order valence-corrected chi connectivity index (χ3v) is 3.22. The molecule has 0 aliphatic heterocycles. The molecule has 21 heavy (non-hydrogen) atoms. The Balaban J connectivity index is 2.09. The van der Waals surface area contributed by atoms with Gasteiger partial charge < -0.3 is 9.84 Å². The molecule has 0 spiro atoms. The molecule has 4 nitrogen and oxygen atoms in total. The first-order chi connectivity index (χ1) is 10.1. The van der Waals surface area contributed by atoms with Crippen LogP contribution in [0.1, 0.15) is 10.4 Å². The van der Waals surface area contributed by atoms with Crippen LogP contribution >= 0.6 is 11.6 Å². The predicted molar refractivity (Wildman–Crippen MR) is 80.2 cm³/mol. The van der Waals surface area contributed by atoms with Gasteiger partial charge in [0.1, 0.15) is 16.8 Å². The van der Waals surface area contributed by atoms with Gasteiger partial charge in [-0.25, -0.2) is 4.79 Å². The minimum atomic E-state index is -1.10. The van der Waals surface area contributed by atoms with Gasteiger partial charge in [-0.15, -0.1) is 0 Å². The Hall–Kier alpha value is -2.59. The highest BCUT2D eigenvalue weighted by atomic mass is 35.5. The molecule has 1 heterocycles. The van der Waals surface area contributed by atoms with Crippen LogP contribution in [-0.2, 0) is 0 Å². The number of aromatic carboxylic acids is 1. The molecule has 0 aliphatic rings. The van der Waals surface area contributed by atoms with E-state index in [-0.39, 0.29) is 11.3 Å². The van der Waals surface area contributed by atoms with Crippen LogP contribution < -0.4 is 4.74 Å². The standard InChI is InChI=1S/C16H10ClNO3/c17-11-6-7-13(12(9-11)16(19)20)21-14-5-1-3-10-4-2-8-18-15(10)14/h1-9H,(H,19,20). The van der Waals surface area contributed by atoms with Crippen molar-refractivity contribution >= 4 is 28.5 Å². The monoisotopic (exact) mass is 299 g/mol. The van der Waals surface area contributed by atoms with Crippen LogP contribution in [0.3, 0.4) is 0 Å². The number of benzene rings is 2. The van der Waals surface area contributed by atoms with Gasteiger partial charge in [0.05, 0.1) is 0 Å². The number of nitrogens with zero attached hydrogens (tertiary/aromatic N) is 1. The minimum absolute atomic E-state index is 0.00966. The van der Waals surface area contributed by atoms with E-state index in [1.165, 1.54) is 12.1 Å². The summed E-state index contributed by atoms with van der Waals surface area (Å²) < 4.78 is 5.74. The summed E-state index contributed by atoms with van der Waals surface area (Å²) in [7, 11) is 0. The van der Waals surface area contributed by atoms with E-state index >= 15 is 0 Å². The molecule has 104 valence electrons. The number of rotatable bonds is 3. The maximum atomic E-state index is 11.3. The molecule has 1 aromatic heterocycles. The number of carbonyl (C=O) groups is 1. The zero-order chi connectivity index (χ0) is 14.8. The van der Waals surface area contributed by atoms with Gasteiger partial charge in [0.2, 0.25) is 0 Å². The normalized spacial score (nSPS) is 10.5. The summed E-state index contributed by atoms with van der Waals surface area (Å²) >= 11 is 5.83. The third-order valence-electron chi connectivity index (χ3n) is 2.99. The summed E-state index contributed by atoms with van der Waals surface area (Å²) in [5.41, 5.74) is 0.682. The van der Waals surface area contributed by atoms with Gasteiger partial charge in [0, 0.05) is 16.6 Å². The van der Waals surface area contributed by atoms with Crippen molar-refractivity contribution in [1.29, 1.82) is 0 Å². The number of aromatic nitrogens is 1. The number of para-hydroxylation sites is 1. The molecule has 0 unspecified atom stereocenters. The fourth-order valence-corrected chi connectivity index (χ4v) is 2.21. The second-order valence-electron chi connectivity index (χ2n) is 4.38. The first-order valence-corrected chi connectivity index (χ1v) is 6.57. The van der Waals surface area contributed by atoms with E-state index in [9.17, 15) is 9.90 Å². The molecule has 2 aromatic carbocycles. The van der Waals surface area contributed by atoms with Crippen LogP contribution in [0.4, 0.5) is 0 Å². The van der Waals surface area contributed by atoms with E-state index in [1.54, 1.807) is 18.3 Å². The number of halogens is 1. The van der Waals surface area contributed by atoms with Crippen molar-refractivity contribution in [3.63, 3.8) is 0 Å². The molecule has 0 radical (unpaired) electrons. The van der Waals surface area contributed by atoms with Crippen molar-refractivity contribution in [2.75, 3.05) is 0 Å². The molecule has 0 aliphatic carbocycles. The molecule has 0 amide bonds. The first-order valence-electron chi connectivity index (χ1n) is 6.19. The summed E-state index contributed by atoms with van der Waals surface area (Å²) in [6.07, 6.45) is 1.66. The Morgan fingerprint density at radius 1 is 1.10 bits per heavy atom. The topological polar surface area (TPSA) is 59.4 Å². The van der Waals surface area contributed by atoms with Crippen LogP contribution in [0.5, 0.6) is 11.5 Å². The molecule has 0 saturated carbocycles. The summed E-state index contributed by atoms with van der Waals surface area (Å²) in [5.74, 6) is -0.372. The van der Waals surface area contributed by atoms with E-state index in [4.69, 9.17) is 16.3 Å². The zero-order valence-electron chi connectivity index (χ0n) is 10.8. The van der Waals surface area contributed by atoms with E-state index < -0.39 is 5.97 Å². The molecule has 3 rings (SSSR count). The van der Waals surface area contributed by atoms with Crippen LogP contribution in [0, 0.1) is 0 Å². The van der Waals surface area contributed by atoms with Gasteiger partial charge in [-0.1, -0.05) is 29.8 Å². The average molecular weight is 300 g/mol. The summed E-state index contributed by atoms with van der Waals surface area (Å²) in [4.78, 5) is 15.5. The molecule has 5 heteroatoms. The number of hydrogen-bond acceptors (Lipinski definition) is 3. The van der Waals surface area contributed by atoms with Crippen molar-refractivity contribution in [3.05, 3.63) is 65.3 Å². The molecule has 0 atom stereocenters. The third kappa shape index (κ3) is 2.66. The molecule has 1 N–H and O–H groups in total. The number of carboxylic acid groups (broad SMARTS) is 1. The zero-order valence-corrected chi connectivity index (χ0v) is 11.5. The Morgan fingerprint density at radius 2 is 1.90 bits per heavy atom. The van der Waals surface area contributed by atoms with E-state index in [0.29, 0.717) is 16.3 Å². The molecule has 0 bridgehead atoms. The van der Waals surface area contributed by atoms with Gasteiger partial charge in [-0.05, 0) is 30.3 Å². The Morgan fingerprint density at radius 3 is 2.71 bits per heavy atom. The molecule has 0 fully saturated rings. The number of pyridine rings is 1. The fourth-order valence-electron chi connectivity index (χ4n) is 2.04. The van der Waals surface area contributed by atoms with Gasteiger partial charge >= 0.3 is 5.97 Å². The lowest BCUT2D eigenvalue weighted by Gasteiger charge is -2.10. The van der Waals surface area contributed by atoms with Crippen molar-refractivity contribution in [3.8, 4) is 11.5 Å². The van der Waals surface area contributed by atoms with Crippen LogP contribution in [0.15, 0.2) is 54.7 Å². The van der Waals surface area contributed by atoms with Crippen LogP contribution in [0.2, 0.25) is 5.02 Å². The number of ether oxygens (including phenoxy) is 1. The lowest BCUT2D eigenvalue weighted by Crippen LogP contribution is -2.00. The lowest BCUT2D eigenvalue weighted by molar-refractivity contribution is 0.0694. The molecule has 3 aromatic rings. The lowest BCUT2D eigenvalue weighted by atomic mass is 10.2.